The lowest BCUT2D eigenvalue weighted by Gasteiger charge is -2.25. The van der Waals surface area contributed by atoms with Crippen molar-refractivity contribution in [2.24, 2.45) is 0 Å². The van der Waals surface area contributed by atoms with Gasteiger partial charge in [0.2, 0.25) is 6.10 Å². The maximum absolute atomic E-state index is 12.1. The molecule has 6 nitrogen and oxygen atoms in total. The largest absolute Gasteiger partial charge is 0.485 e. The summed E-state index contributed by atoms with van der Waals surface area (Å²) >= 11 is 0. The average molecular weight is 312 g/mol. The Hall–Kier alpha value is -3.02. The third-order valence-electron chi connectivity index (χ3n) is 3.38. The van der Waals surface area contributed by atoms with Crippen LogP contribution in [0.15, 0.2) is 48.5 Å². The first kappa shape index (κ1) is 14.9. The minimum Gasteiger partial charge on any atom is -0.485 e. The summed E-state index contributed by atoms with van der Waals surface area (Å²) in [6.45, 7) is 1.98. The molecule has 23 heavy (non-hydrogen) atoms. The average Bonchev–Trinajstić information content (AvgIpc) is 2.59. The normalized spacial score (nSPS) is 15.6. The number of aryl methyl sites for hydroxylation is 1. The highest BCUT2D eigenvalue weighted by atomic mass is 16.6. The molecular formula is C17H16N2O4. The van der Waals surface area contributed by atoms with Gasteiger partial charge in [-0.3, -0.25) is 20.4 Å². The Morgan fingerprint density at radius 1 is 1.04 bits per heavy atom. The fraction of sp³-hybridized carbons (Fsp3) is 0.176. The van der Waals surface area contributed by atoms with Crippen molar-refractivity contribution < 1.29 is 19.1 Å². The Labute approximate surface area is 133 Å². The summed E-state index contributed by atoms with van der Waals surface area (Å²) in [6.07, 6.45) is -0.817. The summed E-state index contributed by atoms with van der Waals surface area (Å²) < 4.78 is 11.0. The molecule has 1 aliphatic heterocycles. The van der Waals surface area contributed by atoms with Crippen molar-refractivity contribution in [1.29, 1.82) is 0 Å². The number of carbonyl (C=O) groups is 2. The second kappa shape index (κ2) is 6.39. The lowest BCUT2D eigenvalue weighted by Crippen LogP contribution is -2.50. The van der Waals surface area contributed by atoms with E-state index >= 15 is 0 Å². The van der Waals surface area contributed by atoms with E-state index in [0.717, 1.165) is 5.56 Å². The van der Waals surface area contributed by atoms with Crippen LogP contribution in [-0.4, -0.2) is 24.5 Å². The Morgan fingerprint density at radius 3 is 2.61 bits per heavy atom. The Morgan fingerprint density at radius 2 is 1.83 bits per heavy atom. The van der Waals surface area contributed by atoms with Crippen molar-refractivity contribution in [2.75, 3.05) is 6.61 Å². The summed E-state index contributed by atoms with van der Waals surface area (Å²) in [5.41, 5.74) is 6.16. The SMILES string of the molecule is Cc1cccc(C(=O)NNC(=O)[C@@H]2COc3ccccc3O2)c1. The molecule has 0 aromatic heterocycles. The van der Waals surface area contributed by atoms with E-state index in [1.54, 1.807) is 36.4 Å². The zero-order valence-corrected chi connectivity index (χ0v) is 12.5. The number of hydrogen-bond donors (Lipinski definition) is 2. The lowest BCUT2D eigenvalue weighted by atomic mass is 10.1. The molecule has 0 spiro atoms. The second-order valence-electron chi connectivity index (χ2n) is 5.18. The van der Waals surface area contributed by atoms with Crippen LogP contribution in [0.3, 0.4) is 0 Å². The van der Waals surface area contributed by atoms with Gasteiger partial charge in [-0.05, 0) is 31.2 Å². The van der Waals surface area contributed by atoms with Crippen LogP contribution in [0.2, 0.25) is 0 Å². The molecule has 3 rings (SSSR count). The molecule has 1 aliphatic rings. The molecule has 1 atom stereocenters. The molecule has 0 fully saturated rings. The molecule has 0 bridgehead atoms. The highest BCUT2D eigenvalue weighted by molar-refractivity contribution is 5.96. The quantitative estimate of drug-likeness (QED) is 0.826. The molecule has 0 saturated carbocycles. The third-order valence-corrected chi connectivity index (χ3v) is 3.38. The molecule has 0 radical (unpaired) electrons. The van der Waals surface area contributed by atoms with Crippen molar-refractivity contribution in [2.45, 2.75) is 13.0 Å². The number of amides is 2. The standard InChI is InChI=1S/C17H16N2O4/c1-11-5-4-6-12(9-11)16(20)18-19-17(21)15-10-22-13-7-2-3-8-14(13)23-15/h2-9,15H,10H2,1H3,(H,18,20)(H,19,21)/t15-/m0/s1. The molecule has 0 unspecified atom stereocenters. The highest BCUT2D eigenvalue weighted by Gasteiger charge is 2.27. The minimum absolute atomic E-state index is 0.0865. The summed E-state index contributed by atoms with van der Waals surface area (Å²) in [4.78, 5) is 24.1. The van der Waals surface area contributed by atoms with Crippen molar-refractivity contribution in [3.05, 3.63) is 59.7 Å². The van der Waals surface area contributed by atoms with Gasteiger partial charge in [-0.25, -0.2) is 0 Å². The minimum atomic E-state index is -0.817. The molecule has 1 heterocycles. The fourth-order valence-electron chi connectivity index (χ4n) is 2.21. The van der Waals surface area contributed by atoms with Crippen LogP contribution in [0.1, 0.15) is 15.9 Å². The van der Waals surface area contributed by atoms with E-state index in [1.807, 2.05) is 19.1 Å². The Balaban J connectivity index is 1.57. The third kappa shape index (κ3) is 3.42. The summed E-state index contributed by atoms with van der Waals surface area (Å²) in [5.74, 6) is 0.240. The first-order valence-corrected chi connectivity index (χ1v) is 7.19. The Bertz CT molecular complexity index is 745. The molecule has 6 heteroatoms. The van der Waals surface area contributed by atoms with Gasteiger partial charge in [0.25, 0.3) is 11.8 Å². The van der Waals surface area contributed by atoms with Gasteiger partial charge in [0, 0.05) is 5.56 Å². The first-order valence-electron chi connectivity index (χ1n) is 7.19. The van der Waals surface area contributed by atoms with Gasteiger partial charge in [0.15, 0.2) is 11.5 Å². The van der Waals surface area contributed by atoms with E-state index in [1.165, 1.54) is 0 Å². The van der Waals surface area contributed by atoms with Crippen LogP contribution in [0.5, 0.6) is 11.5 Å². The number of hydrazine groups is 1. The smallest absolute Gasteiger partial charge is 0.283 e. The van der Waals surface area contributed by atoms with E-state index in [4.69, 9.17) is 9.47 Å². The Kier molecular flexibility index (Phi) is 4.14. The van der Waals surface area contributed by atoms with Crippen LogP contribution in [0.25, 0.3) is 0 Å². The van der Waals surface area contributed by atoms with Crippen molar-refractivity contribution in [3.8, 4) is 11.5 Å². The number of hydrogen-bond acceptors (Lipinski definition) is 4. The number of para-hydroxylation sites is 2. The number of benzene rings is 2. The van der Waals surface area contributed by atoms with Gasteiger partial charge in [-0.15, -0.1) is 0 Å². The summed E-state index contributed by atoms with van der Waals surface area (Å²) in [5, 5.41) is 0. The number of ether oxygens (including phenoxy) is 2. The predicted molar refractivity (Wildman–Crippen MR) is 83.1 cm³/mol. The molecule has 2 aromatic carbocycles. The van der Waals surface area contributed by atoms with Crippen molar-refractivity contribution in [3.63, 3.8) is 0 Å². The van der Waals surface area contributed by atoms with Crippen LogP contribution in [0.4, 0.5) is 0 Å². The van der Waals surface area contributed by atoms with Crippen LogP contribution >= 0.6 is 0 Å². The number of fused-ring (bicyclic) bond motifs is 1. The van der Waals surface area contributed by atoms with Crippen LogP contribution in [0, 0.1) is 6.92 Å². The first-order chi connectivity index (χ1) is 11.1. The van der Waals surface area contributed by atoms with E-state index < -0.39 is 12.0 Å². The van der Waals surface area contributed by atoms with Gasteiger partial charge in [-0.2, -0.15) is 0 Å². The molecule has 2 aromatic rings. The van der Waals surface area contributed by atoms with E-state index in [0.29, 0.717) is 17.1 Å². The summed E-state index contributed by atoms with van der Waals surface area (Å²) in [7, 11) is 0. The molecule has 0 aliphatic carbocycles. The van der Waals surface area contributed by atoms with Gasteiger partial charge < -0.3 is 9.47 Å². The molecular weight excluding hydrogens is 296 g/mol. The molecule has 118 valence electrons. The van der Waals surface area contributed by atoms with Gasteiger partial charge in [0.1, 0.15) is 6.61 Å². The van der Waals surface area contributed by atoms with E-state index in [2.05, 4.69) is 10.9 Å². The summed E-state index contributed by atoms with van der Waals surface area (Å²) in [6, 6.07) is 14.2. The number of rotatable bonds is 2. The maximum atomic E-state index is 12.1. The number of carbonyl (C=O) groups excluding carboxylic acids is 2. The zero-order chi connectivity index (χ0) is 16.2. The van der Waals surface area contributed by atoms with Gasteiger partial charge in [-0.1, -0.05) is 29.8 Å². The molecule has 2 amide bonds. The second-order valence-corrected chi connectivity index (χ2v) is 5.18. The van der Waals surface area contributed by atoms with Gasteiger partial charge >= 0.3 is 0 Å². The monoisotopic (exact) mass is 312 g/mol. The van der Waals surface area contributed by atoms with Crippen molar-refractivity contribution >= 4 is 11.8 Å². The van der Waals surface area contributed by atoms with E-state index in [-0.39, 0.29) is 12.5 Å². The van der Waals surface area contributed by atoms with E-state index in [9.17, 15) is 9.59 Å². The van der Waals surface area contributed by atoms with Crippen molar-refractivity contribution in [1.82, 2.24) is 10.9 Å². The maximum Gasteiger partial charge on any atom is 0.283 e. The van der Waals surface area contributed by atoms with Crippen LogP contribution < -0.4 is 20.3 Å². The highest BCUT2D eigenvalue weighted by Crippen LogP contribution is 2.30. The number of nitrogens with one attached hydrogen (secondary N) is 2. The topological polar surface area (TPSA) is 76.7 Å². The fourth-order valence-corrected chi connectivity index (χ4v) is 2.21. The lowest BCUT2D eigenvalue weighted by molar-refractivity contribution is -0.131. The predicted octanol–water partition coefficient (Wildman–Crippen LogP) is 1.60. The van der Waals surface area contributed by atoms with Gasteiger partial charge in [0.05, 0.1) is 0 Å². The molecule has 0 saturated heterocycles. The molecule has 2 N–H and O–H groups in total. The van der Waals surface area contributed by atoms with Crippen LogP contribution in [-0.2, 0) is 4.79 Å². The zero-order valence-electron chi connectivity index (χ0n) is 12.5.